The Kier molecular flexibility index (Phi) is 7.91. The fourth-order valence-corrected chi connectivity index (χ4v) is 6.26. The molecule has 2 aromatic carbocycles. The Labute approximate surface area is 247 Å². The summed E-state index contributed by atoms with van der Waals surface area (Å²) in [5.41, 5.74) is 2.21. The van der Waals surface area contributed by atoms with Crippen molar-refractivity contribution in [3.05, 3.63) is 70.2 Å². The largest absolute Gasteiger partial charge is 0.513 e. The van der Waals surface area contributed by atoms with Gasteiger partial charge in [0.2, 0.25) is 5.91 Å². The first-order valence-corrected chi connectivity index (χ1v) is 14.5. The van der Waals surface area contributed by atoms with E-state index in [-0.39, 0.29) is 22.2 Å². The first-order valence-electron chi connectivity index (χ1n) is 13.3. The monoisotopic (exact) mass is 592 g/mol. The van der Waals surface area contributed by atoms with Gasteiger partial charge >= 0.3 is 6.09 Å². The average Bonchev–Trinajstić information content (AvgIpc) is 3.27. The predicted octanol–water partition coefficient (Wildman–Crippen LogP) is 6.42. The summed E-state index contributed by atoms with van der Waals surface area (Å²) in [6.07, 6.45) is 3.63. The molecule has 9 nitrogen and oxygen atoms in total. The predicted molar refractivity (Wildman–Crippen MR) is 163 cm³/mol. The van der Waals surface area contributed by atoms with Crippen LogP contribution in [0.2, 0.25) is 5.02 Å². The molecule has 2 saturated heterocycles. The molecular formula is C30H31ClN5O4S+. The van der Waals surface area contributed by atoms with Gasteiger partial charge in [-0.05, 0) is 80.6 Å². The van der Waals surface area contributed by atoms with Gasteiger partial charge in [-0.1, -0.05) is 23.7 Å². The van der Waals surface area contributed by atoms with E-state index in [1.165, 1.54) is 11.8 Å². The standard InChI is InChI=1S/C30H30ClN5O4S/c1-30(2,3)36(29(39)40)13-10-19(11-14-36)26(37)33-21-7-8-22(31)24(17-21)34-28-35-27(38)25(41-28)16-18-6-9-23-20(15-18)5-4-12-32-23/h4-9,12,15-17,19H,10-11,13-14H2,1-3H3,(H2-,33,34,35,37,38,39,40)/p+1/b25-16-. The first-order chi connectivity index (χ1) is 19.4. The van der Waals surface area contributed by atoms with Crippen LogP contribution in [0.15, 0.2) is 64.6 Å². The summed E-state index contributed by atoms with van der Waals surface area (Å²) in [6, 6.07) is 14.6. The highest BCUT2D eigenvalue weighted by atomic mass is 35.5. The minimum Gasteiger partial charge on any atom is -0.435 e. The number of nitrogens with one attached hydrogen (secondary N) is 2. The van der Waals surface area contributed by atoms with Crippen molar-refractivity contribution < 1.29 is 24.0 Å². The Morgan fingerprint density at radius 1 is 1.17 bits per heavy atom. The fraction of sp³-hybridized carbons (Fsp3) is 0.300. The van der Waals surface area contributed by atoms with Gasteiger partial charge in [-0.15, -0.1) is 0 Å². The molecule has 0 atom stereocenters. The summed E-state index contributed by atoms with van der Waals surface area (Å²) in [4.78, 5) is 47.2. The highest BCUT2D eigenvalue weighted by Crippen LogP contribution is 2.35. The number of hydrogen-bond donors (Lipinski definition) is 3. The van der Waals surface area contributed by atoms with Crippen LogP contribution in [-0.2, 0) is 9.59 Å². The maximum atomic E-state index is 13.1. The molecule has 3 amide bonds. The number of amides is 3. The molecule has 11 heteroatoms. The molecule has 0 spiro atoms. The van der Waals surface area contributed by atoms with Crippen LogP contribution in [0.5, 0.6) is 0 Å². The number of amidine groups is 1. The zero-order chi connectivity index (χ0) is 29.4. The molecule has 2 aliphatic heterocycles. The molecule has 0 aliphatic carbocycles. The summed E-state index contributed by atoms with van der Waals surface area (Å²) in [7, 11) is 0. The molecule has 1 aromatic heterocycles. The summed E-state index contributed by atoms with van der Waals surface area (Å²) in [5, 5.41) is 17.4. The van der Waals surface area contributed by atoms with Crippen molar-refractivity contribution in [2.45, 2.75) is 39.2 Å². The molecule has 0 unspecified atom stereocenters. The molecule has 0 bridgehead atoms. The van der Waals surface area contributed by atoms with Crippen molar-refractivity contribution >= 4 is 74.8 Å². The van der Waals surface area contributed by atoms with Gasteiger partial charge in [0.15, 0.2) is 5.17 Å². The van der Waals surface area contributed by atoms with Crippen molar-refractivity contribution in [2.24, 2.45) is 10.9 Å². The van der Waals surface area contributed by atoms with E-state index in [0.29, 0.717) is 52.4 Å². The molecule has 212 valence electrons. The van der Waals surface area contributed by atoms with Crippen LogP contribution in [0.3, 0.4) is 0 Å². The third-order valence-electron chi connectivity index (χ3n) is 7.75. The molecule has 2 aliphatic rings. The van der Waals surface area contributed by atoms with Crippen molar-refractivity contribution in [3.63, 3.8) is 0 Å². The quantitative estimate of drug-likeness (QED) is 0.237. The van der Waals surface area contributed by atoms with Gasteiger partial charge in [0.1, 0.15) is 5.54 Å². The zero-order valence-electron chi connectivity index (χ0n) is 23.0. The number of carbonyl (C=O) groups excluding carboxylic acids is 2. The molecule has 41 heavy (non-hydrogen) atoms. The number of likely N-dealkylation sites (tertiary alicyclic amines) is 1. The second-order valence-electron chi connectivity index (χ2n) is 11.2. The zero-order valence-corrected chi connectivity index (χ0v) is 24.6. The van der Waals surface area contributed by atoms with E-state index in [9.17, 15) is 19.5 Å². The van der Waals surface area contributed by atoms with Crippen molar-refractivity contribution in [1.29, 1.82) is 0 Å². The number of pyridine rings is 1. The van der Waals surface area contributed by atoms with E-state index >= 15 is 0 Å². The van der Waals surface area contributed by atoms with E-state index in [1.54, 1.807) is 30.5 Å². The number of halogens is 1. The SMILES string of the molecule is CC(C)(C)[N+]1(C(=O)O)CCC(C(=O)Nc2ccc(Cl)c(N=C3NC(=O)/C(=C/c4ccc5ncccc5c4)S3)c2)CC1. The number of carbonyl (C=O) groups is 3. The second kappa shape index (κ2) is 11.3. The maximum Gasteiger partial charge on any atom is 0.513 e. The van der Waals surface area contributed by atoms with Gasteiger partial charge in [-0.2, -0.15) is 4.79 Å². The molecule has 0 radical (unpaired) electrons. The van der Waals surface area contributed by atoms with Gasteiger partial charge in [-0.25, -0.2) is 9.48 Å². The van der Waals surface area contributed by atoms with Gasteiger partial charge in [0.25, 0.3) is 5.91 Å². The van der Waals surface area contributed by atoms with Gasteiger partial charge in [0.05, 0.1) is 34.2 Å². The van der Waals surface area contributed by atoms with E-state index in [2.05, 4.69) is 20.6 Å². The van der Waals surface area contributed by atoms with Crippen LogP contribution in [-0.4, -0.2) is 56.3 Å². The van der Waals surface area contributed by atoms with Crippen LogP contribution >= 0.6 is 23.4 Å². The number of fused-ring (bicyclic) bond motifs is 1. The van der Waals surface area contributed by atoms with Crippen molar-refractivity contribution in [2.75, 3.05) is 18.4 Å². The van der Waals surface area contributed by atoms with Crippen LogP contribution in [0.4, 0.5) is 16.2 Å². The Balaban J connectivity index is 1.27. The van der Waals surface area contributed by atoms with E-state index in [0.717, 1.165) is 16.5 Å². The highest BCUT2D eigenvalue weighted by molar-refractivity contribution is 8.18. The number of hydrogen-bond acceptors (Lipinski definition) is 6. The second-order valence-corrected chi connectivity index (χ2v) is 12.7. The van der Waals surface area contributed by atoms with Crippen molar-refractivity contribution in [1.82, 2.24) is 10.3 Å². The van der Waals surface area contributed by atoms with Crippen LogP contribution in [0.1, 0.15) is 39.2 Å². The number of piperidine rings is 1. The summed E-state index contributed by atoms with van der Waals surface area (Å²) in [5.74, 6) is -0.719. The minimum atomic E-state index is -0.859. The Morgan fingerprint density at radius 2 is 1.93 bits per heavy atom. The highest BCUT2D eigenvalue weighted by Gasteiger charge is 2.50. The number of rotatable bonds is 4. The van der Waals surface area contributed by atoms with Gasteiger partial charge in [0, 0.05) is 36.0 Å². The number of carboxylic acid groups (broad SMARTS) is 1. The lowest BCUT2D eigenvalue weighted by Crippen LogP contribution is -2.66. The number of thioether (sulfide) groups is 1. The number of benzene rings is 2. The fourth-order valence-electron chi connectivity index (χ4n) is 5.27. The minimum absolute atomic E-state index is 0.0583. The van der Waals surface area contributed by atoms with Gasteiger partial charge < -0.3 is 15.7 Å². The molecule has 5 rings (SSSR count). The van der Waals surface area contributed by atoms with Crippen LogP contribution in [0.25, 0.3) is 17.0 Å². The molecular weight excluding hydrogens is 562 g/mol. The number of nitrogens with zero attached hydrogens (tertiary/aromatic N) is 3. The normalized spacial score (nSPS) is 23.1. The average molecular weight is 593 g/mol. The van der Waals surface area contributed by atoms with Crippen LogP contribution in [0, 0.1) is 5.92 Å². The topological polar surface area (TPSA) is 121 Å². The van der Waals surface area contributed by atoms with Crippen LogP contribution < -0.4 is 10.6 Å². The number of quaternary nitrogens is 1. The smallest absolute Gasteiger partial charge is 0.435 e. The molecule has 3 heterocycles. The molecule has 0 saturated carbocycles. The lowest BCUT2D eigenvalue weighted by molar-refractivity contribution is -0.908. The summed E-state index contributed by atoms with van der Waals surface area (Å²) in [6.45, 7) is 6.54. The molecule has 3 aromatic rings. The Hall–Kier alpha value is -3.73. The molecule has 2 fully saturated rings. The number of anilines is 1. The van der Waals surface area contributed by atoms with E-state index < -0.39 is 11.6 Å². The third kappa shape index (κ3) is 6.00. The van der Waals surface area contributed by atoms with Gasteiger partial charge in [-0.3, -0.25) is 14.6 Å². The number of aromatic nitrogens is 1. The lowest BCUT2D eigenvalue weighted by atomic mass is 9.89. The Bertz CT molecular complexity index is 1610. The Morgan fingerprint density at radius 3 is 2.63 bits per heavy atom. The summed E-state index contributed by atoms with van der Waals surface area (Å²) < 4.78 is -0.0583. The number of aliphatic imine (C=N–C) groups is 1. The van der Waals surface area contributed by atoms with E-state index in [1.807, 2.05) is 51.1 Å². The van der Waals surface area contributed by atoms with Crippen molar-refractivity contribution in [3.8, 4) is 0 Å². The molecule has 3 N–H and O–H groups in total. The maximum absolute atomic E-state index is 13.1. The van der Waals surface area contributed by atoms with E-state index in [4.69, 9.17) is 11.6 Å². The first kappa shape index (κ1) is 28.8. The third-order valence-corrected chi connectivity index (χ3v) is 8.98. The lowest BCUT2D eigenvalue weighted by Gasteiger charge is -2.47. The summed E-state index contributed by atoms with van der Waals surface area (Å²) >= 11 is 7.61.